The third-order valence-electron chi connectivity index (χ3n) is 3.90. The van der Waals surface area contributed by atoms with E-state index in [0.29, 0.717) is 17.9 Å². The maximum absolute atomic E-state index is 11.8. The summed E-state index contributed by atoms with van der Waals surface area (Å²) >= 11 is 0. The fourth-order valence-corrected chi connectivity index (χ4v) is 2.51. The number of para-hydroxylation sites is 1. The van der Waals surface area contributed by atoms with E-state index in [1.165, 1.54) is 0 Å². The number of nitrogens with zero attached hydrogens (tertiary/aromatic N) is 3. The molecule has 3 rings (SSSR count). The second-order valence-corrected chi connectivity index (χ2v) is 6.01. The van der Waals surface area contributed by atoms with Gasteiger partial charge in [-0.05, 0) is 37.3 Å². The summed E-state index contributed by atoms with van der Waals surface area (Å²) in [5.74, 6) is 0.558. The van der Waals surface area contributed by atoms with Gasteiger partial charge in [-0.15, -0.1) is 0 Å². The minimum Gasteiger partial charge on any atom is -0.486 e. The summed E-state index contributed by atoms with van der Waals surface area (Å²) < 4.78 is 7.71. The van der Waals surface area contributed by atoms with Crippen LogP contribution in [0.25, 0.3) is 5.69 Å². The Morgan fingerprint density at radius 3 is 2.56 bits per heavy atom. The molecule has 1 heterocycles. The van der Waals surface area contributed by atoms with Crippen LogP contribution in [0, 0.1) is 0 Å². The van der Waals surface area contributed by atoms with Crippen molar-refractivity contribution in [1.82, 2.24) is 9.78 Å². The Labute approximate surface area is 147 Å². The van der Waals surface area contributed by atoms with Crippen LogP contribution in [0.1, 0.15) is 23.0 Å². The molecule has 0 aliphatic heterocycles. The molecule has 0 unspecified atom stereocenters. The highest BCUT2D eigenvalue weighted by atomic mass is 16.5. The second-order valence-electron chi connectivity index (χ2n) is 6.01. The zero-order valence-electron chi connectivity index (χ0n) is 14.6. The SMILES string of the molecule is CC(=O)c1ccc(N(C)C)cc1OCc1ccn(-c2ccccc2)n1. The van der Waals surface area contributed by atoms with Gasteiger partial charge in [0.25, 0.3) is 0 Å². The minimum absolute atomic E-state index is 0.0184. The Hall–Kier alpha value is -3.08. The lowest BCUT2D eigenvalue weighted by Crippen LogP contribution is -2.10. The minimum atomic E-state index is -0.0184. The van der Waals surface area contributed by atoms with Gasteiger partial charge in [0.05, 0.1) is 11.3 Å². The smallest absolute Gasteiger partial charge is 0.163 e. The highest BCUT2D eigenvalue weighted by molar-refractivity contribution is 5.97. The molecule has 1 aromatic heterocycles. The molecule has 0 spiro atoms. The molecule has 0 saturated heterocycles. The Morgan fingerprint density at radius 1 is 1.12 bits per heavy atom. The average Bonchev–Trinajstić information content (AvgIpc) is 3.09. The van der Waals surface area contributed by atoms with Crippen molar-refractivity contribution in [3.05, 3.63) is 72.1 Å². The fourth-order valence-electron chi connectivity index (χ4n) is 2.51. The van der Waals surface area contributed by atoms with E-state index in [4.69, 9.17) is 4.74 Å². The van der Waals surface area contributed by atoms with Crippen LogP contribution >= 0.6 is 0 Å². The van der Waals surface area contributed by atoms with Crippen molar-refractivity contribution in [2.45, 2.75) is 13.5 Å². The van der Waals surface area contributed by atoms with E-state index in [-0.39, 0.29) is 5.78 Å². The summed E-state index contributed by atoms with van der Waals surface area (Å²) in [5.41, 5.74) is 3.35. The van der Waals surface area contributed by atoms with Crippen LogP contribution in [0.3, 0.4) is 0 Å². The van der Waals surface area contributed by atoms with Crippen molar-refractivity contribution < 1.29 is 9.53 Å². The molecule has 0 atom stereocenters. The van der Waals surface area contributed by atoms with E-state index in [0.717, 1.165) is 17.1 Å². The van der Waals surface area contributed by atoms with E-state index in [1.807, 2.05) is 73.7 Å². The maximum Gasteiger partial charge on any atom is 0.163 e. The molecule has 0 amide bonds. The van der Waals surface area contributed by atoms with E-state index >= 15 is 0 Å². The van der Waals surface area contributed by atoms with Gasteiger partial charge in [-0.25, -0.2) is 4.68 Å². The van der Waals surface area contributed by atoms with Crippen LogP contribution in [-0.2, 0) is 6.61 Å². The number of ether oxygens (including phenoxy) is 1. The van der Waals surface area contributed by atoms with E-state index in [2.05, 4.69) is 5.10 Å². The molecule has 0 bridgehead atoms. The van der Waals surface area contributed by atoms with Crippen molar-refractivity contribution >= 4 is 11.5 Å². The molecular formula is C20H21N3O2. The summed E-state index contributed by atoms with van der Waals surface area (Å²) in [6.07, 6.45) is 1.90. The van der Waals surface area contributed by atoms with Crippen LogP contribution in [0.5, 0.6) is 5.75 Å². The molecule has 3 aromatic rings. The number of hydrogen-bond donors (Lipinski definition) is 0. The van der Waals surface area contributed by atoms with Gasteiger partial charge >= 0.3 is 0 Å². The highest BCUT2D eigenvalue weighted by Crippen LogP contribution is 2.26. The summed E-state index contributed by atoms with van der Waals surface area (Å²) in [7, 11) is 3.90. The number of benzene rings is 2. The molecule has 0 aliphatic carbocycles. The summed E-state index contributed by atoms with van der Waals surface area (Å²) in [5, 5.41) is 4.52. The Kier molecular flexibility index (Phi) is 4.84. The molecule has 5 nitrogen and oxygen atoms in total. The topological polar surface area (TPSA) is 47.4 Å². The number of anilines is 1. The molecule has 0 N–H and O–H groups in total. The zero-order valence-corrected chi connectivity index (χ0v) is 14.6. The first-order valence-corrected chi connectivity index (χ1v) is 8.09. The van der Waals surface area contributed by atoms with E-state index in [1.54, 1.807) is 17.7 Å². The first-order chi connectivity index (χ1) is 12.0. The van der Waals surface area contributed by atoms with Crippen molar-refractivity contribution in [3.8, 4) is 11.4 Å². The molecule has 0 aliphatic rings. The van der Waals surface area contributed by atoms with Gasteiger partial charge in [0.1, 0.15) is 18.1 Å². The van der Waals surface area contributed by atoms with Crippen LogP contribution in [0.4, 0.5) is 5.69 Å². The molecule has 0 fully saturated rings. The zero-order chi connectivity index (χ0) is 17.8. The predicted molar refractivity (Wildman–Crippen MR) is 98.7 cm³/mol. The largest absolute Gasteiger partial charge is 0.486 e. The van der Waals surface area contributed by atoms with Gasteiger partial charge in [-0.2, -0.15) is 5.10 Å². The molecule has 0 saturated carbocycles. The molecular weight excluding hydrogens is 314 g/mol. The predicted octanol–water partition coefficient (Wildman–Crippen LogP) is 3.72. The van der Waals surface area contributed by atoms with Crippen LogP contribution in [0.15, 0.2) is 60.8 Å². The monoisotopic (exact) mass is 335 g/mol. The van der Waals surface area contributed by atoms with Gasteiger partial charge in [0.2, 0.25) is 0 Å². The molecule has 0 radical (unpaired) electrons. The Bertz CT molecular complexity index is 870. The van der Waals surface area contributed by atoms with E-state index < -0.39 is 0 Å². The van der Waals surface area contributed by atoms with Crippen LogP contribution in [-0.4, -0.2) is 29.7 Å². The maximum atomic E-state index is 11.8. The first kappa shape index (κ1) is 16.8. The van der Waals surface area contributed by atoms with Crippen molar-refractivity contribution in [3.63, 3.8) is 0 Å². The molecule has 128 valence electrons. The number of ketones is 1. The number of rotatable bonds is 6. The average molecular weight is 335 g/mol. The van der Waals surface area contributed by atoms with Gasteiger partial charge < -0.3 is 9.64 Å². The van der Waals surface area contributed by atoms with Gasteiger partial charge in [0, 0.05) is 32.0 Å². The standard InChI is InChI=1S/C20H21N3O2/c1-15(24)19-10-9-18(22(2)3)13-20(19)25-14-16-11-12-23(21-16)17-7-5-4-6-8-17/h4-13H,14H2,1-3H3. The lowest BCUT2D eigenvalue weighted by atomic mass is 10.1. The summed E-state index contributed by atoms with van der Waals surface area (Å²) in [4.78, 5) is 13.8. The number of carbonyl (C=O) groups excluding carboxylic acids is 1. The quantitative estimate of drug-likeness (QED) is 0.644. The number of aromatic nitrogens is 2. The Morgan fingerprint density at radius 2 is 1.88 bits per heavy atom. The second kappa shape index (κ2) is 7.21. The first-order valence-electron chi connectivity index (χ1n) is 8.09. The lowest BCUT2D eigenvalue weighted by molar-refractivity contribution is 0.101. The van der Waals surface area contributed by atoms with E-state index in [9.17, 15) is 4.79 Å². The highest BCUT2D eigenvalue weighted by Gasteiger charge is 2.11. The third-order valence-corrected chi connectivity index (χ3v) is 3.90. The van der Waals surface area contributed by atoms with Crippen molar-refractivity contribution in [2.24, 2.45) is 0 Å². The number of hydrogen-bond acceptors (Lipinski definition) is 4. The van der Waals surface area contributed by atoms with Crippen molar-refractivity contribution in [2.75, 3.05) is 19.0 Å². The fraction of sp³-hybridized carbons (Fsp3) is 0.200. The molecule has 5 heteroatoms. The van der Waals surface area contributed by atoms with Gasteiger partial charge in [-0.3, -0.25) is 4.79 Å². The van der Waals surface area contributed by atoms with Crippen LogP contribution in [0.2, 0.25) is 0 Å². The van der Waals surface area contributed by atoms with Crippen molar-refractivity contribution in [1.29, 1.82) is 0 Å². The molecule has 25 heavy (non-hydrogen) atoms. The normalized spacial score (nSPS) is 10.5. The number of carbonyl (C=O) groups is 1. The van der Waals surface area contributed by atoms with Gasteiger partial charge in [-0.1, -0.05) is 18.2 Å². The number of Topliss-reactive ketones (excluding diaryl/α,β-unsaturated/α-hetero) is 1. The van der Waals surface area contributed by atoms with Gasteiger partial charge in [0.15, 0.2) is 5.78 Å². The summed E-state index contributed by atoms with van der Waals surface area (Å²) in [6, 6.07) is 17.4. The third kappa shape index (κ3) is 3.88. The Balaban J connectivity index is 1.78. The lowest BCUT2D eigenvalue weighted by Gasteiger charge is -2.16. The summed E-state index contributed by atoms with van der Waals surface area (Å²) in [6.45, 7) is 1.85. The molecule has 2 aromatic carbocycles. The van der Waals surface area contributed by atoms with Crippen LogP contribution < -0.4 is 9.64 Å².